The van der Waals surface area contributed by atoms with E-state index in [4.69, 9.17) is 11.0 Å². The van der Waals surface area contributed by atoms with Crippen LogP contribution in [-0.2, 0) is 0 Å². The number of H-pyrrole nitrogens is 1. The second-order valence-corrected chi connectivity index (χ2v) is 3.12. The molecule has 0 spiro atoms. The summed E-state index contributed by atoms with van der Waals surface area (Å²) in [5.41, 5.74) is 5.20. The Balaban J connectivity index is 2.83. The zero-order valence-corrected chi connectivity index (χ0v) is 8.02. The number of carbonyl (C=O) groups is 1. The van der Waals surface area contributed by atoms with E-state index in [0.717, 1.165) is 0 Å². The summed E-state index contributed by atoms with van der Waals surface area (Å²) in [6, 6.07) is 6.33. The molecule has 0 radical (unpaired) electrons. The van der Waals surface area contributed by atoms with Crippen molar-refractivity contribution in [2.75, 3.05) is 0 Å². The molecule has 1 aromatic carbocycles. The summed E-state index contributed by atoms with van der Waals surface area (Å²) >= 11 is 0. The molecule has 2 aromatic rings. The van der Waals surface area contributed by atoms with Gasteiger partial charge in [0.25, 0.3) is 11.5 Å². The van der Waals surface area contributed by atoms with E-state index < -0.39 is 11.5 Å². The van der Waals surface area contributed by atoms with Crippen molar-refractivity contribution >= 4 is 16.8 Å². The topological polar surface area (TPSA) is 113 Å². The number of hydrogen-bond acceptors (Lipinski definition) is 4. The van der Waals surface area contributed by atoms with Crippen LogP contribution in [0.5, 0.6) is 0 Å². The Morgan fingerprint density at radius 1 is 1.50 bits per heavy atom. The van der Waals surface area contributed by atoms with Crippen LogP contribution in [0.25, 0.3) is 10.9 Å². The summed E-state index contributed by atoms with van der Waals surface area (Å²) in [6.45, 7) is 0. The van der Waals surface area contributed by atoms with Gasteiger partial charge in [0.1, 0.15) is 0 Å². The number of nitrogens with two attached hydrogens (primary N) is 1. The molecule has 0 saturated heterocycles. The number of nitriles is 1. The van der Waals surface area contributed by atoms with Gasteiger partial charge in [-0.15, -0.1) is 0 Å². The van der Waals surface area contributed by atoms with Gasteiger partial charge < -0.3 is 10.7 Å². The summed E-state index contributed by atoms with van der Waals surface area (Å²) in [7, 11) is 0. The molecule has 0 unspecified atom stereocenters. The van der Waals surface area contributed by atoms with Crippen LogP contribution in [0.2, 0.25) is 0 Å². The number of nitrogens with one attached hydrogen (secondary N) is 1. The number of nitrogens with zero attached hydrogens (tertiary/aromatic N) is 2. The molecule has 0 aliphatic carbocycles. The van der Waals surface area contributed by atoms with E-state index in [-0.39, 0.29) is 11.2 Å². The first kappa shape index (κ1) is 9.86. The van der Waals surface area contributed by atoms with E-state index in [0.29, 0.717) is 11.1 Å². The molecule has 1 aromatic heterocycles. The van der Waals surface area contributed by atoms with Gasteiger partial charge in [0, 0.05) is 0 Å². The van der Waals surface area contributed by atoms with Gasteiger partial charge in [0.05, 0.1) is 22.5 Å². The molecule has 0 fully saturated rings. The van der Waals surface area contributed by atoms with Crippen LogP contribution in [0.15, 0.2) is 23.0 Å². The number of hydrogen-bond donors (Lipinski definition) is 2. The summed E-state index contributed by atoms with van der Waals surface area (Å²) < 4.78 is 0. The zero-order valence-electron chi connectivity index (χ0n) is 8.02. The van der Waals surface area contributed by atoms with Crippen LogP contribution in [0.1, 0.15) is 16.2 Å². The molecular weight excluding hydrogens is 208 g/mol. The van der Waals surface area contributed by atoms with E-state index in [9.17, 15) is 9.59 Å². The van der Waals surface area contributed by atoms with Gasteiger partial charge >= 0.3 is 0 Å². The average molecular weight is 214 g/mol. The number of aromatic amines is 1. The molecular formula is C10H6N4O2. The summed E-state index contributed by atoms with van der Waals surface area (Å²) in [4.78, 5) is 28.5. The van der Waals surface area contributed by atoms with E-state index in [2.05, 4.69) is 9.97 Å². The second-order valence-electron chi connectivity index (χ2n) is 3.12. The van der Waals surface area contributed by atoms with Crippen molar-refractivity contribution in [2.45, 2.75) is 0 Å². The smallest absolute Gasteiger partial charge is 0.284 e. The minimum absolute atomic E-state index is 0.192. The molecule has 1 amide bonds. The molecule has 0 saturated carbocycles. The summed E-state index contributed by atoms with van der Waals surface area (Å²) in [5.74, 6) is -0.995. The van der Waals surface area contributed by atoms with E-state index >= 15 is 0 Å². The van der Waals surface area contributed by atoms with Crippen LogP contribution >= 0.6 is 0 Å². The highest BCUT2D eigenvalue weighted by Crippen LogP contribution is 2.09. The maximum atomic E-state index is 11.6. The summed E-state index contributed by atoms with van der Waals surface area (Å²) in [6.07, 6.45) is 0. The monoisotopic (exact) mass is 214 g/mol. The van der Waals surface area contributed by atoms with E-state index in [1.807, 2.05) is 6.07 Å². The Morgan fingerprint density at radius 2 is 2.25 bits per heavy atom. The highest BCUT2D eigenvalue weighted by atomic mass is 16.1. The first-order valence-electron chi connectivity index (χ1n) is 4.36. The van der Waals surface area contributed by atoms with Crippen molar-refractivity contribution in [2.24, 2.45) is 5.73 Å². The van der Waals surface area contributed by atoms with Crippen molar-refractivity contribution in [3.05, 3.63) is 39.9 Å². The highest BCUT2D eigenvalue weighted by Gasteiger charge is 2.08. The van der Waals surface area contributed by atoms with Crippen LogP contribution < -0.4 is 11.3 Å². The molecule has 78 valence electrons. The Hall–Kier alpha value is -2.68. The largest absolute Gasteiger partial charge is 0.363 e. The molecule has 0 aliphatic rings. The van der Waals surface area contributed by atoms with Crippen LogP contribution in [-0.4, -0.2) is 15.9 Å². The molecule has 16 heavy (non-hydrogen) atoms. The quantitative estimate of drug-likeness (QED) is 0.689. The minimum Gasteiger partial charge on any atom is -0.363 e. The molecule has 6 nitrogen and oxygen atoms in total. The van der Waals surface area contributed by atoms with Crippen LogP contribution in [0.3, 0.4) is 0 Å². The van der Waals surface area contributed by atoms with Crippen LogP contribution in [0.4, 0.5) is 0 Å². The Labute approximate surface area is 89.3 Å². The number of rotatable bonds is 1. The predicted molar refractivity (Wildman–Crippen MR) is 55.6 cm³/mol. The number of primary amides is 1. The van der Waals surface area contributed by atoms with Crippen molar-refractivity contribution in [1.29, 1.82) is 5.26 Å². The molecule has 0 aliphatic heterocycles. The lowest BCUT2D eigenvalue weighted by atomic mass is 10.1. The third-order valence-electron chi connectivity index (χ3n) is 2.07. The third-order valence-corrected chi connectivity index (χ3v) is 2.07. The fourth-order valence-corrected chi connectivity index (χ4v) is 1.32. The zero-order chi connectivity index (χ0) is 11.7. The molecule has 1 heterocycles. The van der Waals surface area contributed by atoms with Crippen molar-refractivity contribution in [3.8, 4) is 6.07 Å². The third kappa shape index (κ3) is 1.50. The Kier molecular flexibility index (Phi) is 2.14. The lowest BCUT2D eigenvalue weighted by molar-refractivity contribution is 0.0990. The molecule has 2 rings (SSSR count). The number of aromatic nitrogens is 2. The van der Waals surface area contributed by atoms with E-state index in [1.165, 1.54) is 18.2 Å². The number of fused-ring (bicyclic) bond motifs is 1. The highest BCUT2D eigenvalue weighted by molar-refractivity contribution is 5.91. The van der Waals surface area contributed by atoms with Crippen molar-refractivity contribution < 1.29 is 4.79 Å². The lowest BCUT2D eigenvalue weighted by Gasteiger charge is -1.99. The molecule has 0 atom stereocenters. The predicted octanol–water partition coefficient (Wildman–Crippen LogP) is -0.106. The maximum Gasteiger partial charge on any atom is 0.284 e. The molecule has 0 bridgehead atoms. The number of benzene rings is 1. The number of amides is 1. The second kappa shape index (κ2) is 3.47. The number of carbonyl (C=O) groups excluding carboxylic acids is 1. The van der Waals surface area contributed by atoms with Gasteiger partial charge in [-0.25, -0.2) is 4.98 Å². The Bertz CT molecular complexity index is 681. The van der Waals surface area contributed by atoms with Gasteiger partial charge in [0.15, 0.2) is 5.82 Å². The van der Waals surface area contributed by atoms with Gasteiger partial charge in [-0.05, 0) is 18.2 Å². The standard InChI is InChI=1S/C10H6N4O2/c11-4-5-1-2-7-6(3-5)10(16)14-9(13-7)8(12)15/h1-3H,(H2,12,15)(H,13,14,16). The maximum absolute atomic E-state index is 11.6. The average Bonchev–Trinajstić information content (AvgIpc) is 2.28. The Morgan fingerprint density at radius 3 is 2.88 bits per heavy atom. The van der Waals surface area contributed by atoms with Crippen molar-refractivity contribution in [3.63, 3.8) is 0 Å². The van der Waals surface area contributed by atoms with Gasteiger partial charge in [-0.1, -0.05) is 0 Å². The fraction of sp³-hybridized carbons (Fsp3) is 0. The van der Waals surface area contributed by atoms with Crippen LogP contribution in [0, 0.1) is 11.3 Å². The first-order chi connectivity index (χ1) is 7.61. The van der Waals surface area contributed by atoms with Gasteiger partial charge in [-0.2, -0.15) is 5.26 Å². The normalized spacial score (nSPS) is 9.94. The van der Waals surface area contributed by atoms with Gasteiger partial charge in [-0.3, -0.25) is 9.59 Å². The molecule has 3 N–H and O–H groups in total. The lowest BCUT2D eigenvalue weighted by Crippen LogP contribution is -2.21. The minimum atomic E-state index is -0.802. The first-order valence-corrected chi connectivity index (χ1v) is 4.36. The van der Waals surface area contributed by atoms with E-state index in [1.54, 1.807) is 0 Å². The SMILES string of the molecule is N#Cc1ccc2nc(C(N)=O)[nH]c(=O)c2c1. The van der Waals surface area contributed by atoms with Crippen molar-refractivity contribution in [1.82, 2.24) is 9.97 Å². The van der Waals surface area contributed by atoms with Gasteiger partial charge in [0.2, 0.25) is 0 Å². The summed E-state index contributed by atoms with van der Waals surface area (Å²) in [5, 5.41) is 8.93. The molecule has 6 heteroatoms. The fourth-order valence-electron chi connectivity index (χ4n) is 1.32.